The molecule has 30 heavy (non-hydrogen) atoms. The molecule has 2 aromatic rings. The zero-order chi connectivity index (χ0) is 21.6. The Labute approximate surface area is 179 Å². The molecule has 2 N–H and O–H groups in total. The predicted octanol–water partition coefficient (Wildman–Crippen LogP) is 4.01. The molecule has 2 heterocycles. The van der Waals surface area contributed by atoms with Crippen LogP contribution in [0, 0.1) is 6.92 Å². The fourth-order valence-electron chi connectivity index (χ4n) is 3.56. The Morgan fingerprint density at radius 3 is 2.50 bits per heavy atom. The van der Waals surface area contributed by atoms with Crippen molar-refractivity contribution in [3.8, 4) is 0 Å². The second-order valence-corrected chi connectivity index (χ2v) is 8.37. The number of nitrogens with one attached hydrogen (secondary N) is 2. The summed E-state index contributed by atoms with van der Waals surface area (Å²) in [6.07, 6.45) is -1.55. The van der Waals surface area contributed by atoms with Crippen LogP contribution >= 0.6 is 11.3 Å². The number of thiazole rings is 1. The second kappa shape index (κ2) is 10.3. The molecule has 1 atom stereocenters. The highest BCUT2D eigenvalue weighted by molar-refractivity contribution is 7.09. The molecule has 5 nitrogen and oxygen atoms in total. The summed E-state index contributed by atoms with van der Waals surface area (Å²) in [5.74, 6) is 0.638. The number of hydrogen-bond acceptors (Lipinski definition) is 4. The molecular formula is C21H28F3N5S. The summed E-state index contributed by atoms with van der Waals surface area (Å²) in [6.45, 7) is 5.41. The van der Waals surface area contributed by atoms with Gasteiger partial charge in [-0.3, -0.25) is 9.89 Å². The lowest BCUT2D eigenvalue weighted by atomic mass is 10.0. The molecule has 1 aliphatic rings. The number of likely N-dealkylation sites (tertiary alicyclic amines) is 1. The van der Waals surface area contributed by atoms with Crippen LogP contribution in [0.2, 0.25) is 0 Å². The van der Waals surface area contributed by atoms with E-state index in [-0.39, 0.29) is 6.04 Å². The molecule has 0 saturated carbocycles. The zero-order valence-corrected chi connectivity index (χ0v) is 18.1. The maximum atomic E-state index is 12.7. The first-order valence-corrected chi connectivity index (χ1v) is 11.0. The quantitative estimate of drug-likeness (QED) is 0.506. The van der Waals surface area contributed by atoms with Crippen LogP contribution < -0.4 is 10.6 Å². The molecule has 1 aliphatic heterocycles. The molecule has 9 heteroatoms. The first kappa shape index (κ1) is 22.6. The van der Waals surface area contributed by atoms with E-state index in [1.807, 2.05) is 0 Å². The minimum absolute atomic E-state index is 0.250. The van der Waals surface area contributed by atoms with Gasteiger partial charge in [-0.2, -0.15) is 13.2 Å². The topological polar surface area (TPSA) is 52.6 Å². The first-order chi connectivity index (χ1) is 14.4. The van der Waals surface area contributed by atoms with Crippen LogP contribution in [0.5, 0.6) is 0 Å². The Morgan fingerprint density at radius 1 is 1.20 bits per heavy atom. The number of nitrogens with zero attached hydrogens (tertiary/aromatic N) is 3. The van der Waals surface area contributed by atoms with Crippen molar-refractivity contribution in [1.82, 2.24) is 20.5 Å². The summed E-state index contributed by atoms with van der Waals surface area (Å²) in [5.41, 5.74) is 1.68. The lowest BCUT2D eigenvalue weighted by Gasteiger charge is -2.29. The van der Waals surface area contributed by atoms with Gasteiger partial charge in [0, 0.05) is 31.9 Å². The minimum atomic E-state index is -4.39. The average molecular weight is 440 g/mol. The van der Waals surface area contributed by atoms with Crippen LogP contribution in [0.15, 0.2) is 34.6 Å². The van der Waals surface area contributed by atoms with E-state index in [9.17, 15) is 13.2 Å². The third kappa shape index (κ3) is 6.18. The van der Waals surface area contributed by atoms with Gasteiger partial charge >= 0.3 is 6.18 Å². The summed E-state index contributed by atoms with van der Waals surface area (Å²) in [7, 11) is 1.69. The molecule has 0 bridgehead atoms. The number of aliphatic imine (C=N–C) groups is 1. The summed E-state index contributed by atoms with van der Waals surface area (Å²) in [5, 5.41) is 8.07. The Kier molecular flexibility index (Phi) is 7.71. The van der Waals surface area contributed by atoms with E-state index in [4.69, 9.17) is 0 Å². The lowest BCUT2D eigenvalue weighted by Crippen LogP contribution is -2.43. The minimum Gasteiger partial charge on any atom is -0.356 e. The zero-order valence-electron chi connectivity index (χ0n) is 17.3. The highest BCUT2D eigenvalue weighted by Gasteiger charge is 2.33. The molecule has 0 aliphatic carbocycles. The van der Waals surface area contributed by atoms with Crippen molar-refractivity contribution < 1.29 is 13.2 Å². The molecule has 0 spiro atoms. The van der Waals surface area contributed by atoms with Crippen molar-refractivity contribution in [2.75, 3.05) is 33.2 Å². The fraction of sp³-hybridized carbons (Fsp3) is 0.524. The van der Waals surface area contributed by atoms with E-state index in [0.717, 1.165) is 29.8 Å². The maximum absolute atomic E-state index is 12.7. The van der Waals surface area contributed by atoms with Crippen molar-refractivity contribution in [3.05, 3.63) is 51.5 Å². The average Bonchev–Trinajstić information content (AvgIpc) is 3.40. The number of guanidine groups is 1. The van der Waals surface area contributed by atoms with E-state index in [2.05, 4.69) is 56.7 Å². The van der Waals surface area contributed by atoms with Gasteiger partial charge in [-0.1, -0.05) is 29.8 Å². The number of aryl methyl sites for hydroxylation is 1. The summed E-state index contributed by atoms with van der Waals surface area (Å²) in [4.78, 5) is 10.4. The lowest BCUT2D eigenvalue weighted by molar-refractivity contribution is -0.140. The van der Waals surface area contributed by atoms with E-state index < -0.39 is 11.9 Å². The number of benzene rings is 1. The number of rotatable bonds is 7. The van der Waals surface area contributed by atoms with Crippen molar-refractivity contribution in [1.29, 1.82) is 0 Å². The summed E-state index contributed by atoms with van der Waals surface area (Å²) in [6, 6.07) is 8.87. The van der Waals surface area contributed by atoms with Crippen LogP contribution in [-0.2, 0) is 12.6 Å². The Balaban J connectivity index is 1.53. The van der Waals surface area contributed by atoms with Crippen LogP contribution in [0.1, 0.15) is 40.7 Å². The molecule has 0 radical (unpaired) electrons. The van der Waals surface area contributed by atoms with Crippen molar-refractivity contribution >= 4 is 17.3 Å². The van der Waals surface area contributed by atoms with Crippen LogP contribution in [0.4, 0.5) is 13.2 Å². The van der Waals surface area contributed by atoms with Gasteiger partial charge in [-0.05, 0) is 38.4 Å². The largest absolute Gasteiger partial charge is 0.434 e. The Hall–Kier alpha value is -2.13. The monoisotopic (exact) mass is 439 g/mol. The van der Waals surface area contributed by atoms with Crippen LogP contribution in [-0.4, -0.2) is 49.1 Å². The SMILES string of the molecule is CN=C(NCCc1nc(C(F)(F)F)cs1)NCC(c1ccc(C)cc1)N1CCCC1. The van der Waals surface area contributed by atoms with Gasteiger partial charge in [-0.25, -0.2) is 4.98 Å². The van der Waals surface area contributed by atoms with Gasteiger partial charge in [0.05, 0.1) is 11.0 Å². The molecule has 1 saturated heterocycles. The molecule has 1 aromatic carbocycles. The predicted molar refractivity (Wildman–Crippen MR) is 115 cm³/mol. The van der Waals surface area contributed by atoms with E-state index >= 15 is 0 Å². The number of hydrogen-bond donors (Lipinski definition) is 2. The smallest absolute Gasteiger partial charge is 0.356 e. The number of aromatic nitrogens is 1. The maximum Gasteiger partial charge on any atom is 0.434 e. The highest BCUT2D eigenvalue weighted by atomic mass is 32.1. The van der Waals surface area contributed by atoms with Crippen molar-refractivity contribution in [2.24, 2.45) is 4.99 Å². The molecule has 1 fully saturated rings. The van der Waals surface area contributed by atoms with Gasteiger partial charge < -0.3 is 10.6 Å². The second-order valence-electron chi connectivity index (χ2n) is 7.42. The summed E-state index contributed by atoms with van der Waals surface area (Å²) < 4.78 is 38.0. The first-order valence-electron chi connectivity index (χ1n) is 10.1. The molecule has 1 unspecified atom stereocenters. The van der Waals surface area contributed by atoms with Gasteiger partial charge in [0.25, 0.3) is 0 Å². The van der Waals surface area contributed by atoms with E-state index in [1.165, 1.54) is 24.0 Å². The summed E-state index contributed by atoms with van der Waals surface area (Å²) >= 11 is 1.03. The van der Waals surface area contributed by atoms with Crippen molar-refractivity contribution in [3.63, 3.8) is 0 Å². The van der Waals surface area contributed by atoms with Gasteiger partial charge in [0.1, 0.15) is 0 Å². The Morgan fingerprint density at radius 2 is 1.90 bits per heavy atom. The fourth-order valence-corrected chi connectivity index (χ4v) is 4.36. The van der Waals surface area contributed by atoms with Gasteiger partial charge in [-0.15, -0.1) is 11.3 Å². The Bertz CT molecular complexity index is 826. The van der Waals surface area contributed by atoms with Crippen molar-refractivity contribution in [2.45, 2.75) is 38.4 Å². The normalized spacial score (nSPS) is 16.6. The molecule has 3 rings (SSSR count). The molecular weight excluding hydrogens is 411 g/mol. The van der Waals surface area contributed by atoms with Gasteiger partial charge in [0.15, 0.2) is 11.7 Å². The molecule has 1 aromatic heterocycles. The third-order valence-corrected chi connectivity index (χ3v) is 6.11. The van der Waals surface area contributed by atoms with E-state index in [0.29, 0.717) is 30.5 Å². The highest BCUT2D eigenvalue weighted by Crippen LogP contribution is 2.30. The molecule has 164 valence electrons. The van der Waals surface area contributed by atoms with Gasteiger partial charge in [0.2, 0.25) is 0 Å². The number of alkyl halides is 3. The third-order valence-electron chi connectivity index (χ3n) is 5.20. The van der Waals surface area contributed by atoms with E-state index in [1.54, 1.807) is 7.05 Å². The standard InChI is InChI=1S/C21H28F3N5S/c1-15-5-7-16(8-6-15)17(29-11-3-4-12-29)13-27-20(25-2)26-10-9-19-28-18(14-30-19)21(22,23)24/h5-8,14,17H,3-4,9-13H2,1-2H3,(H2,25,26,27). The molecule has 0 amide bonds. The van der Waals surface area contributed by atoms with Crippen LogP contribution in [0.25, 0.3) is 0 Å². The van der Waals surface area contributed by atoms with Crippen LogP contribution in [0.3, 0.4) is 0 Å². The number of halogens is 3.